The number of hydrogen-bond donors (Lipinski definition) is 1. The van der Waals surface area contributed by atoms with E-state index in [2.05, 4.69) is 51.4 Å². The Bertz CT molecular complexity index is 806. The molecule has 0 amide bonds. The lowest BCUT2D eigenvalue weighted by Crippen LogP contribution is -2.31. The topological polar surface area (TPSA) is 53.9 Å². The normalized spacial score (nSPS) is 10.7. The third-order valence-corrected chi connectivity index (χ3v) is 3.76. The van der Waals surface area contributed by atoms with Gasteiger partial charge in [-0.3, -0.25) is 0 Å². The lowest BCUT2D eigenvalue weighted by atomic mass is 10.2. The number of hydrogen-bond acceptors (Lipinski definition) is 5. The van der Waals surface area contributed by atoms with Gasteiger partial charge >= 0.3 is 0 Å². The summed E-state index contributed by atoms with van der Waals surface area (Å²) in [7, 11) is 0. The average molecular weight is 337 g/mol. The summed E-state index contributed by atoms with van der Waals surface area (Å²) < 4.78 is 13.0. The highest BCUT2D eigenvalue weighted by atomic mass is 19.1. The van der Waals surface area contributed by atoms with Crippen molar-refractivity contribution in [2.24, 2.45) is 0 Å². The Hall–Kier alpha value is -3.02. The smallest absolute Gasteiger partial charge is 0.249 e. The van der Waals surface area contributed by atoms with Gasteiger partial charge < -0.3 is 10.2 Å². The van der Waals surface area contributed by atoms with Crippen molar-refractivity contribution < 1.29 is 4.39 Å². The van der Waals surface area contributed by atoms with Gasteiger partial charge in [0.25, 0.3) is 0 Å². The minimum absolute atomic E-state index is 0.246. The van der Waals surface area contributed by atoms with Crippen LogP contribution in [0.5, 0.6) is 0 Å². The van der Waals surface area contributed by atoms with E-state index in [1.807, 2.05) is 18.2 Å². The zero-order valence-corrected chi connectivity index (χ0v) is 14.2. The molecule has 0 radical (unpaired) electrons. The molecule has 0 aliphatic heterocycles. The van der Waals surface area contributed by atoms with Crippen molar-refractivity contribution >= 4 is 17.5 Å². The second-order valence-corrected chi connectivity index (χ2v) is 5.98. The second-order valence-electron chi connectivity index (χ2n) is 5.98. The van der Waals surface area contributed by atoms with Crippen LogP contribution >= 0.6 is 0 Å². The van der Waals surface area contributed by atoms with E-state index in [9.17, 15) is 4.39 Å². The molecule has 1 heterocycles. The maximum atomic E-state index is 13.0. The van der Waals surface area contributed by atoms with Crippen LogP contribution in [0, 0.1) is 5.82 Å². The molecule has 6 heteroatoms. The van der Waals surface area contributed by atoms with Crippen LogP contribution in [-0.4, -0.2) is 21.2 Å². The molecular weight excluding hydrogens is 317 g/mol. The van der Waals surface area contributed by atoms with Crippen molar-refractivity contribution in [2.75, 3.05) is 10.2 Å². The number of anilines is 3. The van der Waals surface area contributed by atoms with Gasteiger partial charge in [-0.1, -0.05) is 30.3 Å². The largest absolute Gasteiger partial charge is 0.348 e. The first-order chi connectivity index (χ1) is 12.1. The van der Waals surface area contributed by atoms with Crippen LogP contribution in [-0.2, 0) is 6.54 Å². The van der Waals surface area contributed by atoms with Crippen LogP contribution in [0.4, 0.5) is 21.8 Å². The molecule has 3 rings (SSSR count). The van der Waals surface area contributed by atoms with Gasteiger partial charge in [0.05, 0.1) is 6.20 Å². The van der Waals surface area contributed by atoms with Crippen molar-refractivity contribution in [2.45, 2.75) is 26.4 Å². The number of aromatic nitrogens is 3. The Labute approximate surface area is 146 Å². The highest BCUT2D eigenvalue weighted by Crippen LogP contribution is 2.19. The maximum absolute atomic E-state index is 13.0. The molecule has 0 bridgehead atoms. The van der Waals surface area contributed by atoms with Gasteiger partial charge in [-0.25, -0.2) is 4.39 Å². The summed E-state index contributed by atoms with van der Waals surface area (Å²) in [4.78, 5) is 6.71. The highest BCUT2D eigenvalue weighted by Gasteiger charge is 2.14. The van der Waals surface area contributed by atoms with Gasteiger partial charge in [0.15, 0.2) is 5.82 Å². The lowest BCUT2D eigenvalue weighted by molar-refractivity contribution is 0.628. The van der Waals surface area contributed by atoms with E-state index in [1.165, 1.54) is 17.7 Å². The first-order valence-corrected chi connectivity index (χ1v) is 8.15. The summed E-state index contributed by atoms with van der Waals surface area (Å²) in [6.07, 6.45) is 1.65. The zero-order valence-electron chi connectivity index (χ0n) is 14.2. The minimum Gasteiger partial charge on any atom is -0.348 e. The third kappa shape index (κ3) is 4.50. The van der Waals surface area contributed by atoms with Crippen molar-refractivity contribution in [3.63, 3.8) is 0 Å². The molecule has 0 spiro atoms. The van der Waals surface area contributed by atoms with Gasteiger partial charge in [0.2, 0.25) is 5.95 Å². The molecule has 0 saturated heterocycles. The summed E-state index contributed by atoms with van der Waals surface area (Å²) in [5.41, 5.74) is 1.90. The molecule has 128 valence electrons. The molecule has 0 unspecified atom stereocenters. The fourth-order valence-corrected chi connectivity index (χ4v) is 2.46. The van der Waals surface area contributed by atoms with Crippen molar-refractivity contribution in [3.8, 4) is 0 Å². The van der Waals surface area contributed by atoms with Gasteiger partial charge in [-0.15, -0.1) is 5.10 Å². The van der Waals surface area contributed by atoms with Gasteiger partial charge in [0.1, 0.15) is 5.82 Å². The van der Waals surface area contributed by atoms with Crippen LogP contribution in [0.2, 0.25) is 0 Å². The predicted octanol–water partition coefficient (Wildman–Crippen LogP) is 4.17. The zero-order chi connectivity index (χ0) is 17.6. The molecule has 5 nitrogen and oxygen atoms in total. The van der Waals surface area contributed by atoms with Gasteiger partial charge in [-0.2, -0.15) is 10.1 Å². The molecule has 1 N–H and O–H groups in total. The standard InChI is InChI=1S/C19H20FN5/c1-14(2)25(13-15-6-4-3-5-7-15)18-12-21-24-19(23-18)22-17-10-8-16(20)9-11-17/h3-12,14H,13H2,1-2H3,(H,22,23,24). The van der Waals surface area contributed by atoms with Crippen molar-refractivity contribution in [3.05, 3.63) is 72.2 Å². The SMILES string of the molecule is CC(C)N(Cc1ccccc1)c1cnnc(Nc2ccc(F)cc2)n1. The monoisotopic (exact) mass is 337 g/mol. The maximum Gasteiger partial charge on any atom is 0.249 e. The fourth-order valence-electron chi connectivity index (χ4n) is 2.46. The summed E-state index contributed by atoms with van der Waals surface area (Å²) in [6, 6.07) is 16.5. The van der Waals surface area contributed by atoms with Gasteiger partial charge in [0, 0.05) is 18.3 Å². The summed E-state index contributed by atoms with van der Waals surface area (Å²) >= 11 is 0. The van der Waals surface area contributed by atoms with E-state index in [0.717, 1.165) is 12.4 Å². The summed E-state index contributed by atoms with van der Waals surface area (Å²) in [5, 5.41) is 11.1. The number of nitrogens with one attached hydrogen (secondary N) is 1. The lowest BCUT2D eigenvalue weighted by Gasteiger charge is -2.27. The molecule has 0 aliphatic rings. The summed E-state index contributed by atoms with van der Waals surface area (Å²) in [5.74, 6) is 0.827. The van der Waals surface area contributed by atoms with E-state index in [-0.39, 0.29) is 11.9 Å². The minimum atomic E-state index is -0.285. The molecular formula is C19H20FN5. The van der Waals surface area contributed by atoms with E-state index >= 15 is 0 Å². The number of benzene rings is 2. The first-order valence-electron chi connectivity index (χ1n) is 8.15. The molecule has 0 atom stereocenters. The van der Waals surface area contributed by atoms with Crippen LogP contribution in [0.3, 0.4) is 0 Å². The Morgan fingerprint density at radius 3 is 2.44 bits per heavy atom. The van der Waals surface area contributed by atoms with Crippen LogP contribution in [0.25, 0.3) is 0 Å². The van der Waals surface area contributed by atoms with Crippen molar-refractivity contribution in [1.82, 2.24) is 15.2 Å². The number of rotatable bonds is 6. The molecule has 0 saturated carbocycles. The molecule has 25 heavy (non-hydrogen) atoms. The molecule has 3 aromatic rings. The number of halogens is 1. The number of nitrogens with zero attached hydrogens (tertiary/aromatic N) is 4. The predicted molar refractivity (Wildman–Crippen MR) is 97.3 cm³/mol. The van der Waals surface area contributed by atoms with E-state index in [0.29, 0.717) is 11.6 Å². The Balaban J connectivity index is 1.81. The Kier molecular flexibility index (Phi) is 5.18. The van der Waals surface area contributed by atoms with E-state index < -0.39 is 0 Å². The summed E-state index contributed by atoms with van der Waals surface area (Å²) in [6.45, 7) is 4.95. The third-order valence-electron chi connectivity index (χ3n) is 3.76. The molecule has 2 aromatic carbocycles. The average Bonchev–Trinajstić information content (AvgIpc) is 2.62. The molecule has 0 fully saturated rings. The second kappa shape index (κ2) is 7.70. The van der Waals surface area contributed by atoms with E-state index in [4.69, 9.17) is 0 Å². The van der Waals surface area contributed by atoms with Crippen LogP contribution < -0.4 is 10.2 Å². The van der Waals surface area contributed by atoms with E-state index in [1.54, 1.807) is 18.3 Å². The van der Waals surface area contributed by atoms with Crippen molar-refractivity contribution in [1.29, 1.82) is 0 Å². The Morgan fingerprint density at radius 1 is 1.04 bits per heavy atom. The fraction of sp³-hybridized carbons (Fsp3) is 0.211. The Morgan fingerprint density at radius 2 is 1.76 bits per heavy atom. The molecule has 0 aliphatic carbocycles. The van der Waals surface area contributed by atoms with Gasteiger partial charge in [-0.05, 0) is 43.7 Å². The highest BCUT2D eigenvalue weighted by molar-refractivity contribution is 5.54. The quantitative estimate of drug-likeness (QED) is 0.732. The first kappa shape index (κ1) is 16.8. The molecule has 1 aromatic heterocycles. The van der Waals surface area contributed by atoms with Crippen LogP contribution in [0.1, 0.15) is 19.4 Å². The van der Waals surface area contributed by atoms with Crippen LogP contribution in [0.15, 0.2) is 60.8 Å².